The highest BCUT2D eigenvalue weighted by molar-refractivity contribution is 5.90. The number of carboxylic acid groups (broad SMARTS) is 1. The highest BCUT2D eigenvalue weighted by Gasteiger charge is 2.13. The van der Waals surface area contributed by atoms with E-state index in [4.69, 9.17) is 29.5 Å². The zero-order chi connectivity index (χ0) is 30.4. The van der Waals surface area contributed by atoms with Gasteiger partial charge in [-0.25, -0.2) is 9.59 Å². The molecule has 0 aliphatic rings. The lowest BCUT2D eigenvalue weighted by Crippen LogP contribution is -2.07. The van der Waals surface area contributed by atoms with Gasteiger partial charge in [0.1, 0.15) is 42.8 Å². The Bertz CT molecular complexity index is 1540. The maximum Gasteiger partial charge on any atom is 0.338 e. The van der Waals surface area contributed by atoms with Gasteiger partial charge in [-0.2, -0.15) is 0 Å². The minimum Gasteiger partial charge on any atom is -0.508 e. The molecule has 0 aliphatic carbocycles. The average Bonchev–Trinajstić information content (AvgIpc) is 3.03. The summed E-state index contributed by atoms with van der Waals surface area (Å²) < 4.78 is 17.4. The van der Waals surface area contributed by atoms with E-state index in [1.807, 2.05) is 91.0 Å². The van der Waals surface area contributed by atoms with E-state index in [0.717, 1.165) is 34.9 Å². The van der Waals surface area contributed by atoms with E-state index in [9.17, 15) is 9.59 Å². The molecule has 0 amide bonds. The first-order chi connectivity index (χ1) is 20.9. The van der Waals surface area contributed by atoms with Crippen LogP contribution >= 0.6 is 0 Å². The number of phenolic OH excluding ortho intramolecular Hbond substituents is 2. The van der Waals surface area contributed by atoms with Gasteiger partial charge in [0.15, 0.2) is 0 Å². The predicted molar refractivity (Wildman–Crippen MR) is 160 cm³/mol. The van der Waals surface area contributed by atoms with Crippen molar-refractivity contribution in [2.75, 3.05) is 0 Å². The van der Waals surface area contributed by atoms with Gasteiger partial charge in [0.25, 0.3) is 0 Å². The molecule has 5 aromatic rings. The SMILES string of the molecule is O=C(O)c1cc(O)cc(O)c1.O=C(OCc1ccccc1)c1cc(OCc2ccccc2)cc(OCc2ccccc2)c1. The van der Waals surface area contributed by atoms with E-state index in [1.54, 1.807) is 18.2 Å². The molecule has 5 aromatic carbocycles. The highest BCUT2D eigenvalue weighted by Crippen LogP contribution is 2.26. The Balaban J connectivity index is 0.000000324. The lowest BCUT2D eigenvalue weighted by molar-refractivity contribution is 0.0471. The van der Waals surface area contributed by atoms with Crippen molar-refractivity contribution in [3.8, 4) is 23.0 Å². The minimum absolute atomic E-state index is 0.137. The van der Waals surface area contributed by atoms with Crippen molar-refractivity contribution in [3.05, 3.63) is 155 Å². The van der Waals surface area contributed by atoms with Gasteiger partial charge >= 0.3 is 11.9 Å². The van der Waals surface area contributed by atoms with Crippen LogP contribution in [0.4, 0.5) is 0 Å². The van der Waals surface area contributed by atoms with Crippen molar-refractivity contribution in [1.82, 2.24) is 0 Å². The van der Waals surface area contributed by atoms with Gasteiger partial charge in [0, 0.05) is 12.1 Å². The Morgan fingerprint density at radius 2 is 0.930 bits per heavy atom. The third kappa shape index (κ3) is 9.98. The molecule has 3 N–H and O–H groups in total. The second-order valence-corrected chi connectivity index (χ2v) is 9.35. The molecule has 0 radical (unpaired) electrons. The van der Waals surface area contributed by atoms with Crippen molar-refractivity contribution in [1.29, 1.82) is 0 Å². The number of aromatic hydroxyl groups is 2. The van der Waals surface area contributed by atoms with Gasteiger partial charge in [0.2, 0.25) is 0 Å². The molecule has 0 saturated heterocycles. The number of ether oxygens (including phenoxy) is 3. The summed E-state index contributed by atoms with van der Waals surface area (Å²) in [7, 11) is 0. The fourth-order valence-corrected chi connectivity index (χ4v) is 3.86. The quantitative estimate of drug-likeness (QED) is 0.152. The second-order valence-electron chi connectivity index (χ2n) is 9.35. The van der Waals surface area contributed by atoms with E-state index in [2.05, 4.69) is 0 Å². The highest BCUT2D eigenvalue weighted by atomic mass is 16.5. The molecule has 8 nitrogen and oxygen atoms in total. The summed E-state index contributed by atoms with van der Waals surface area (Å²) in [5, 5.41) is 26.1. The van der Waals surface area contributed by atoms with Crippen LogP contribution in [-0.4, -0.2) is 27.3 Å². The largest absolute Gasteiger partial charge is 0.508 e. The third-order valence-corrected chi connectivity index (χ3v) is 5.97. The molecule has 0 fully saturated rings. The molecule has 0 heterocycles. The predicted octanol–water partition coefficient (Wildman–Crippen LogP) is 7.00. The van der Waals surface area contributed by atoms with Crippen LogP contribution in [0.2, 0.25) is 0 Å². The number of esters is 1. The minimum atomic E-state index is -1.18. The van der Waals surface area contributed by atoms with Gasteiger partial charge in [-0.1, -0.05) is 91.0 Å². The molecule has 218 valence electrons. The first-order valence-corrected chi connectivity index (χ1v) is 13.3. The summed E-state index contributed by atoms with van der Waals surface area (Å²) >= 11 is 0. The number of rotatable bonds is 10. The number of hydrogen-bond acceptors (Lipinski definition) is 7. The van der Waals surface area contributed by atoms with Crippen LogP contribution < -0.4 is 9.47 Å². The maximum atomic E-state index is 12.7. The summed E-state index contributed by atoms with van der Waals surface area (Å²) in [5.41, 5.74) is 3.25. The topological polar surface area (TPSA) is 123 Å². The monoisotopic (exact) mass is 578 g/mol. The van der Waals surface area contributed by atoms with Gasteiger partial charge in [-0.3, -0.25) is 0 Å². The Hall–Kier alpha value is -5.76. The van der Waals surface area contributed by atoms with Gasteiger partial charge in [0.05, 0.1) is 11.1 Å². The number of carboxylic acids is 1. The van der Waals surface area contributed by atoms with E-state index in [-0.39, 0.29) is 23.7 Å². The smallest absolute Gasteiger partial charge is 0.338 e. The Labute approximate surface area is 249 Å². The summed E-state index contributed by atoms with van der Waals surface area (Å²) in [5.74, 6) is -1.04. The molecule has 0 saturated carbocycles. The van der Waals surface area contributed by atoms with Crippen molar-refractivity contribution >= 4 is 11.9 Å². The van der Waals surface area contributed by atoms with Gasteiger partial charge in [-0.15, -0.1) is 0 Å². The number of aromatic carboxylic acids is 1. The molecule has 8 heteroatoms. The molecule has 43 heavy (non-hydrogen) atoms. The summed E-state index contributed by atoms with van der Waals surface area (Å²) in [6.07, 6.45) is 0. The number of benzene rings is 5. The first kappa shape index (κ1) is 30.2. The van der Waals surface area contributed by atoms with E-state index < -0.39 is 11.9 Å². The number of phenols is 2. The van der Waals surface area contributed by atoms with Crippen LogP contribution in [0.1, 0.15) is 37.4 Å². The van der Waals surface area contributed by atoms with E-state index in [1.165, 1.54) is 0 Å². The molecule has 0 atom stereocenters. The van der Waals surface area contributed by atoms with Crippen LogP contribution in [0.3, 0.4) is 0 Å². The molecule has 0 aliphatic heterocycles. The van der Waals surface area contributed by atoms with Crippen LogP contribution in [0.25, 0.3) is 0 Å². The maximum absolute atomic E-state index is 12.7. The summed E-state index contributed by atoms with van der Waals surface area (Å²) in [4.78, 5) is 23.0. The number of carbonyl (C=O) groups excluding carboxylic acids is 1. The van der Waals surface area contributed by atoms with Crippen molar-refractivity contribution in [2.24, 2.45) is 0 Å². The summed E-state index contributed by atoms with van der Waals surface area (Å²) in [6.45, 7) is 0.984. The fourth-order valence-electron chi connectivity index (χ4n) is 3.86. The van der Waals surface area contributed by atoms with Gasteiger partial charge in [-0.05, 0) is 41.0 Å². The molecule has 5 rings (SSSR count). The lowest BCUT2D eigenvalue weighted by Gasteiger charge is -2.13. The Morgan fingerprint density at radius 1 is 0.512 bits per heavy atom. The second kappa shape index (κ2) is 15.3. The van der Waals surface area contributed by atoms with Crippen LogP contribution in [-0.2, 0) is 24.6 Å². The van der Waals surface area contributed by atoms with Crippen LogP contribution in [0.5, 0.6) is 23.0 Å². The fraction of sp³-hybridized carbons (Fsp3) is 0.0857. The first-order valence-electron chi connectivity index (χ1n) is 13.3. The van der Waals surface area contributed by atoms with E-state index >= 15 is 0 Å². The Morgan fingerprint density at radius 3 is 1.35 bits per heavy atom. The normalized spacial score (nSPS) is 10.1. The zero-order valence-electron chi connectivity index (χ0n) is 23.1. The lowest BCUT2D eigenvalue weighted by atomic mass is 10.2. The molecule has 0 spiro atoms. The van der Waals surface area contributed by atoms with Gasteiger partial charge < -0.3 is 29.5 Å². The molecular formula is C35H30O8. The average molecular weight is 579 g/mol. The molecule has 0 unspecified atom stereocenters. The van der Waals surface area contributed by atoms with Crippen molar-refractivity contribution < 1.29 is 39.1 Å². The Kier molecular flexibility index (Phi) is 10.7. The van der Waals surface area contributed by atoms with Crippen molar-refractivity contribution in [3.63, 3.8) is 0 Å². The third-order valence-electron chi connectivity index (χ3n) is 5.97. The number of carbonyl (C=O) groups is 2. The van der Waals surface area contributed by atoms with Crippen LogP contribution in [0.15, 0.2) is 127 Å². The molecule has 0 bridgehead atoms. The molecular weight excluding hydrogens is 548 g/mol. The van der Waals surface area contributed by atoms with E-state index in [0.29, 0.717) is 30.3 Å². The van der Waals surface area contributed by atoms with Crippen LogP contribution in [0, 0.1) is 0 Å². The zero-order valence-corrected chi connectivity index (χ0v) is 23.1. The molecule has 0 aromatic heterocycles. The number of hydrogen-bond donors (Lipinski definition) is 3. The van der Waals surface area contributed by atoms with Crippen molar-refractivity contribution in [2.45, 2.75) is 19.8 Å². The summed E-state index contributed by atoms with van der Waals surface area (Å²) in [6, 6.07) is 37.7. The standard InChI is InChI=1S/C28H24O4.C7H6O4/c29-28(32-21-24-14-8-3-9-15-24)25-16-26(30-19-22-10-4-1-5-11-22)18-27(17-25)31-20-23-12-6-2-7-13-23;8-5-1-4(7(10)11)2-6(9)3-5/h1-18H,19-21H2;1-3,8-9H,(H,10,11).